The first kappa shape index (κ1) is 21.0. The fourth-order valence-electron chi connectivity index (χ4n) is 3.92. The minimum absolute atomic E-state index is 0.00776. The quantitative estimate of drug-likeness (QED) is 0.211. The number of anilines is 3. The summed E-state index contributed by atoms with van der Waals surface area (Å²) in [6.45, 7) is 0. The fraction of sp³-hybridized carbons (Fsp3) is 0. The normalized spacial score (nSPS) is 10.8. The van der Waals surface area contributed by atoms with E-state index in [9.17, 15) is 0 Å². The molecule has 0 aliphatic rings. The number of para-hydroxylation sites is 3. The van der Waals surface area contributed by atoms with E-state index in [0.29, 0.717) is 0 Å². The summed E-state index contributed by atoms with van der Waals surface area (Å²) >= 11 is 7.49. The maximum atomic E-state index is 4.92. The Labute approximate surface area is 205 Å². The summed E-state index contributed by atoms with van der Waals surface area (Å²) in [5.41, 5.74) is 7.49. The number of fused-ring (bicyclic) bond motifs is 1. The molecule has 0 bridgehead atoms. The molecule has 0 saturated heterocycles. The van der Waals surface area contributed by atoms with E-state index >= 15 is 0 Å². The molecule has 5 heteroatoms. The Kier molecular flexibility index (Phi) is 6.11. The van der Waals surface area contributed by atoms with Crippen LogP contribution < -0.4 is 10.4 Å². The maximum Gasteiger partial charge on any atom is 0.330 e. The Balaban J connectivity index is 1.65. The molecule has 5 rings (SSSR count). The number of halogens is 2. The number of aromatic nitrogens is 1. The highest BCUT2D eigenvalue weighted by molar-refractivity contribution is 9.49. The molecule has 0 amide bonds. The fourth-order valence-corrected chi connectivity index (χ4v) is 4.68. The second-order valence-electron chi connectivity index (χ2n) is 7.47. The molecule has 0 fully saturated rings. The lowest BCUT2D eigenvalue weighted by Crippen LogP contribution is -2.22. The van der Waals surface area contributed by atoms with Crippen LogP contribution in [0.25, 0.3) is 22.2 Å². The second-order valence-corrected chi connectivity index (χ2v) is 10.5. The minimum Gasteiger partial charge on any atom is -0.311 e. The molecule has 0 unspecified atom stereocenters. The van der Waals surface area contributed by atoms with Crippen LogP contribution >= 0.6 is 31.5 Å². The van der Waals surface area contributed by atoms with Crippen LogP contribution in [0.1, 0.15) is 0 Å². The van der Waals surface area contributed by atoms with Crippen molar-refractivity contribution in [2.45, 2.75) is 0 Å². The lowest BCUT2D eigenvalue weighted by atomic mass is 9.87. The molecular formula is C27H19BBr2N2. The Bertz CT molecular complexity index is 1320. The molecule has 1 heterocycles. The van der Waals surface area contributed by atoms with Crippen molar-refractivity contribution in [1.82, 2.24) is 4.98 Å². The van der Waals surface area contributed by atoms with Crippen LogP contribution in [0.2, 0.25) is 0 Å². The van der Waals surface area contributed by atoms with Gasteiger partial charge in [-0.15, -0.1) is 31.5 Å². The van der Waals surface area contributed by atoms with Gasteiger partial charge in [0.05, 0.1) is 11.2 Å². The van der Waals surface area contributed by atoms with E-state index in [1.165, 1.54) is 0 Å². The number of hydrogen-bond donors (Lipinski definition) is 0. The Morgan fingerprint density at radius 3 is 1.88 bits per heavy atom. The van der Waals surface area contributed by atoms with E-state index in [1.54, 1.807) is 0 Å². The average Bonchev–Trinajstić information content (AvgIpc) is 2.85. The van der Waals surface area contributed by atoms with Crippen molar-refractivity contribution in [1.29, 1.82) is 0 Å². The zero-order chi connectivity index (χ0) is 21.9. The molecule has 5 aromatic rings. The van der Waals surface area contributed by atoms with Crippen molar-refractivity contribution >= 4 is 69.3 Å². The zero-order valence-corrected chi connectivity index (χ0v) is 20.4. The van der Waals surface area contributed by atoms with Gasteiger partial charge in [-0.25, -0.2) is 4.98 Å². The average molecular weight is 542 g/mol. The number of nitrogens with zero attached hydrogens (tertiary/aromatic N) is 2. The van der Waals surface area contributed by atoms with Crippen molar-refractivity contribution in [3.63, 3.8) is 0 Å². The van der Waals surface area contributed by atoms with Crippen LogP contribution in [0.3, 0.4) is 0 Å². The molecule has 0 aliphatic carbocycles. The van der Waals surface area contributed by atoms with Gasteiger partial charge in [0, 0.05) is 22.4 Å². The number of pyridine rings is 1. The standard InChI is InChI=1S/C27H19BBr2N2/c29-28(30)25-19-23(32(21-10-3-1-4-11-21)22-12-5-2-6-13-22)16-17-24(25)27-18-15-20-9-7-8-14-26(20)31-27/h1-19H. The van der Waals surface area contributed by atoms with Gasteiger partial charge in [0.25, 0.3) is 0 Å². The smallest absolute Gasteiger partial charge is 0.311 e. The van der Waals surface area contributed by atoms with Gasteiger partial charge in [0.1, 0.15) is 0 Å². The summed E-state index contributed by atoms with van der Waals surface area (Å²) < 4.78 is -0.00776. The van der Waals surface area contributed by atoms with Gasteiger partial charge >= 0.3 is 4.36 Å². The third kappa shape index (κ3) is 4.23. The summed E-state index contributed by atoms with van der Waals surface area (Å²) in [4.78, 5) is 7.19. The SMILES string of the molecule is BrB(Br)c1cc(N(c2ccccc2)c2ccccc2)ccc1-c1ccc2ccccc2n1. The molecule has 1 aromatic heterocycles. The van der Waals surface area contributed by atoms with Crippen molar-refractivity contribution in [2.24, 2.45) is 0 Å². The molecule has 154 valence electrons. The van der Waals surface area contributed by atoms with Crippen LogP contribution in [-0.2, 0) is 0 Å². The van der Waals surface area contributed by atoms with E-state index in [-0.39, 0.29) is 4.36 Å². The molecule has 0 radical (unpaired) electrons. The summed E-state index contributed by atoms with van der Waals surface area (Å²) in [7, 11) is 0. The largest absolute Gasteiger partial charge is 0.330 e. The summed E-state index contributed by atoms with van der Waals surface area (Å²) in [5.74, 6) is 0. The Morgan fingerprint density at radius 2 is 1.22 bits per heavy atom. The van der Waals surface area contributed by atoms with Gasteiger partial charge in [-0.05, 0) is 59.6 Å². The monoisotopic (exact) mass is 540 g/mol. The highest BCUT2D eigenvalue weighted by atomic mass is 79.9. The predicted molar refractivity (Wildman–Crippen MR) is 145 cm³/mol. The molecule has 0 saturated carbocycles. The van der Waals surface area contributed by atoms with Gasteiger partial charge in [0.15, 0.2) is 0 Å². The molecule has 32 heavy (non-hydrogen) atoms. The molecule has 0 N–H and O–H groups in total. The predicted octanol–water partition coefficient (Wildman–Crippen LogP) is 7.86. The summed E-state index contributed by atoms with van der Waals surface area (Å²) in [6, 6.07) is 39.9. The van der Waals surface area contributed by atoms with Crippen LogP contribution in [0.15, 0.2) is 115 Å². The molecule has 0 atom stereocenters. The molecular weight excluding hydrogens is 523 g/mol. The van der Waals surface area contributed by atoms with Crippen LogP contribution in [0.5, 0.6) is 0 Å². The lowest BCUT2D eigenvalue weighted by molar-refractivity contribution is 1.28. The van der Waals surface area contributed by atoms with Crippen molar-refractivity contribution < 1.29 is 0 Å². The van der Waals surface area contributed by atoms with E-state index in [4.69, 9.17) is 4.98 Å². The van der Waals surface area contributed by atoms with Crippen LogP contribution in [0.4, 0.5) is 17.1 Å². The highest BCUT2D eigenvalue weighted by Crippen LogP contribution is 2.35. The van der Waals surface area contributed by atoms with E-state index in [0.717, 1.165) is 44.7 Å². The first-order valence-electron chi connectivity index (χ1n) is 10.4. The third-order valence-electron chi connectivity index (χ3n) is 5.43. The summed E-state index contributed by atoms with van der Waals surface area (Å²) in [6.07, 6.45) is 0. The van der Waals surface area contributed by atoms with Crippen LogP contribution in [-0.4, -0.2) is 9.34 Å². The van der Waals surface area contributed by atoms with Gasteiger partial charge in [-0.3, -0.25) is 0 Å². The van der Waals surface area contributed by atoms with E-state index in [1.807, 2.05) is 24.3 Å². The van der Waals surface area contributed by atoms with Gasteiger partial charge < -0.3 is 4.90 Å². The minimum atomic E-state index is -0.00776. The lowest BCUT2D eigenvalue weighted by Gasteiger charge is -2.26. The molecule has 2 nitrogen and oxygen atoms in total. The van der Waals surface area contributed by atoms with Gasteiger partial charge in [-0.2, -0.15) is 0 Å². The number of rotatable bonds is 5. The van der Waals surface area contributed by atoms with Gasteiger partial charge in [0.2, 0.25) is 0 Å². The number of hydrogen-bond acceptors (Lipinski definition) is 2. The zero-order valence-electron chi connectivity index (χ0n) is 17.2. The van der Waals surface area contributed by atoms with E-state index in [2.05, 4.69) is 127 Å². The second kappa shape index (κ2) is 9.31. The maximum absolute atomic E-state index is 4.92. The van der Waals surface area contributed by atoms with Crippen molar-refractivity contribution in [2.75, 3.05) is 4.90 Å². The van der Waals surface area contributed by atoms with Crippen LogP contribution in [0, 0.1) is 0 Å². The molecule has 4 aromatic carbocycles. The van der Waals surface area contributed by atoms with Crippen molar-refractivity contribution in [3.8, 4) is 11.3 Å². The highest BCUT2D eigenvalue weighted by Gasteiger charge is 2.20. The third-order valence-corrected chi connectivity index (χ3v) is 6.42. The number of benzene rings is 4. The van der Waals surface area contributed by atoms with E-state index < -0.39 is 0 Å². The first-order chi connectivity index (χ1) is 15.7. The topological polar surface area (TPSA) is 16.1 Å². The van der Waals surface area contributed by atoms with Crippen molar-refractivity contribution in [3.05, 3.63) is 115 Å². The Morgan fingerprint density at radius 1 is 0.594 bits per heavy atom. The molecule has 0 aliphatic heterocycles. The molecule has 0 spiro atoms. The first-order valence-corrected chi connectivity index (χ1v) is 12.2. The Hall–Kier alpha value is -2.89. The van der Waals surface area contributed by atoms with Gasteiger partial charge in [-0.1, -0.05) is 66.7 Å². The summed E-state index contributed by atoms with van der Waals surface area (Å²) in [5, 5.41) is 1.14.